The normalized spacial score (nSPS) is 16.6. The van der Waals surface area contributed by atoms with E-state index in [1.54, 1.807) is 18.2 Å². The van der Waals surface area contributed by atoms with Crippen LogP contribution in [0.1, 0.15) is 30.1 Å². The van der Waals surface area contributed by atoms with E-state index < -0.39 is 23.4 Å². The fourth-order valence-corrected chi connectivity index (χ4v) is 4.30. The van der Waals surface area contributed by atoms with Gasteiger partial charge < -0.3 is 24.6 Å². The first kappa shape index (κ1) is 24.5. The van der Waals surface area contributed by atoms with Gasteiger partial charge in [0.2, 0.25) is 0 Å². The Balaban J connectivity index is 1.32. The number of hydrogen-bond donors (Lipinski definition) is 1. The quantitative estimate of drug-likeness (QED) is 0.363. The van der Waals surface area contributed by atoms with E-state index >= 15 is 0 Å². The molecule has 0 saturated carbocycles. The molecule has 0 aromatic heterocycles. The van der Waals surface area contributed by atoms with E-state index in [4.69, 9.17) is 9.47 Å². The zero-order valence-corrected chi connectivity index (χ0v) is 19.8. The van der Waals surface area contributed by atoms with Crippen molar-refractivity contribution in [1.29, 1.82) is 0 Å². The van der Waals surface area contributed by atoms with Crippen molar-refractivity contribution in [2.24, 2.45) is 5.92 Å². The van der Waals surface area contributed by atoms with Crippen molar-refractivity contribution in [3.05, 3.63) is 58.1 Å². The highest BCUT2D eigenvalue weighted by Crippen LogP contribution is 2.32. The summed E-state index contributed by atoms with van der Waals surface area (Å²) in [7, 11) is 0. The van der Waals surface area contributed by atoms with Gasteiger partial charge >= 0.3 is 5.97 Å². The fraction of sp³-hybridized carbons (Fsp3) is 0.440. The van der Waals surface area contributed by atoms with Crippen molar-refractivity contribution in [3.8, 4) is 0 Å². The number of amides is 1. The molecule has 2 aromatic carbocycles. The molecule has 35 heavy (non-hydrogen) atoms. The molecule has 0 aliphatic carbocycles. The van der Waals surface area contributed by atoms with Crippen LogP contribution >= 0.6 is 0 Å². The SMILES string of the molecule is CC1CCN(c2ccc(C(=O)OCC(=O)Nc3ccc(N4CCOCC4)cc3)cc2[N+](=O)[O-])CC1. The highest BCUT2D eigenvalue weighted by atomic mass is 16.6. The first-order valence-electron chi connectivity index (χ1n) is 11.8. The second-order valence-electron chi connectivity index (χ2n) is 8.90. The minimum Gasteiger partial charge on any atom is -0.452 e. The zero-order chi connectivity index (χ0) is 24.8. The van der Waals surface area contributed by atoms with Crippen molar-refractivity contribution in [3.63, 3.8) is 0 Å². The Hall–Kier alpha value is -3.66. The predicted octanol–water partition coefficient (Wildman–Crippen LogP) is 3.46. The molecule has 0 unspecified atom stereocenters. The summed E-state index contributed by atoms with van der Waals surface area (Å²) in [6.45, 7) is 6.15. The molecule has 186 valence electrons. The molecule has 4 rings (SSSR count). The number of nitrogens with zero attached hydrogens (tertiary/aromatic N) is 3. The molecule has 0 radical (unpaired) electrons. The molecule has 2 saturated heterocycles. The maximum absolute atomic E-state index is 12.5. The Morgan fingerprint density at radius 1 is 1.06 bits per heavy atom. The summed E-state index contributed by atoms with van der Waals surface area (Å²) in [5, 5.41) is 14.3. The summed E-state index contributed by atoms with van der Waals surface area (Å²) >= 11 is 0. The Bertz CT molecular complexity index is 1060. The number of carbonyl (C=O) groups is 2. The van der Waals surface area contributed by atoms with E-state index in [1.165, 1.54) is 12.1 Å². The smallest absolute Gasteiger partial charge is 0.338 e. The molecular weight excluding hydrogens is 452 g/mol. The number of anilines is 3. The van der Waals surface area contributed by atoms with Gasteiger partial charge in [0.15, 0.2) is 6.61 Å². The minimum atomic E-state index is -0.787. The number of esters is 1. The topological polar surface area (TPSA) is 114 Å². The number of hydrogen-bond acceptors (Lipinski definition) is 8. The minimum absolute atomic E-state index is 0.0356. The Labute approximate surface area is 203 Å². The van der Waals surface area contributed by atoms with E-state index in [-0.39, 0.29) is 11.3 Å². The third-order valence-electron chi connectivity index (χ3n) is 6.39. The monoisotopic (exact) mass is 482 g/mol. The molecule has 0 bridgehead atoms. The van der Waals surface area contributed by atoms with Gasteiger partial charge in [0.1, 0.15) is 5.69 Å². The lowest BCUT2D eigenvalue weighted by atomic mass is 9.98. The number of ether oxygens (including phenoxy) is 2. The number of nitro groups is 1. The van der Waals surface area contributed by atoms with Crippen molar-refractivity contribution in [2.45, 2.75) is 19.8 Å². The van der Waals surface area contributed by atoms with E-state index in [1.807, 2.05) is 17.0 Å². The van der Waals surface area contributed by atoms with Crippen LogP contribution in [-0.2, 0) is 14.3 Å². The third kappa shape index (κ3) is 6.27. The number of benzene rings is 2. The fourth-order valence-electron chi connectivity index (χ4n) is 4.30. The van der Waals surface area contributed by atoms with Gasteiger partial charge in [-0.2, -0.15) is 0 Å². The van der Waals surface area contributed by atoms with Crippen molar-refractivity contribution < 1.29 is 24.0 Å². The van der Waals surface area contributed by atoms with Crippen LogP contribution < -0.4 is 15.1 Å². The van der Waals surface area contributed by atoms with Gasteiger partial charge in [0.25, 0.3) is 11.6 Å². The van der Waals surface area contributed by atoms with Gasteiger partial charge in [-0.25, -0.2) is 4.79 Å². The summed E-state index contributed by atoms with van der Waals surface area (Å²) in [5.74, 6) is -0.691. The van der Waals surface area contributed by atoms with Crippen LogP contribution in [0.25, 0.3) is 0 Å². The predicted molar refractivity (Wildman–Crippen MR) is 132 cm³/mol. The number of morpholine rings is 1. The first-order chi connectivity index (χ1) is 16.9. The van der Waals surface area contributed by atoms with Gasteiger partial charge in [0.05, 0.1) is 23.7 Å². The molecule has 1 amide bonds. The molecule has 2 aromatic rings. The Kier molecular flexibility index (Phi) is 7.81. The van der Waals surface area contributed by atoms with Crippen LogP contribution in [-0.4, -0.2) is 62.8 Å². The molecule has 0 spiro atoms. The van der Waals surface area contributed by atoms with Gasteiger partial charge in [-0.05, 0) is 55.2 Å². The maximum atomic E-state index is 12.5. The molecule has 1 N–H and O–H groups in total. The highest BCUT2D eigenvalue weighted by Gasteiger charge is 2.25. The summed E-state index contributed by atoms with van der Waals surface area (Å²) in [6, 6.07) is 11.7. The highest BCUT2D eigenvalue weighted by molar-refractivity contribution is 5.96. The van der Waals surface area contributed by atoms with Crippen LogP contribution in [0, 0.1) is 16.0 Å². The van der Waals surface area contributed by atoms with E-state index in [9.17, 15) is 19.7 Å². The largest absolute Gasteiger partial charge is 0.452 e. The second-order valence-corrected chi connectivity index (χ2v) is 8.90. The average Bonchev–Trinajstić information content (AvgIpc) is 2.88. The van der Waals surface area contributed by atoms with Crippen LogP contribution in [0.5, 0.6) is 0 Å². The molecule has 10 heteroatoms. The number of rotatable bonds is 7. The number of piperidine rings is 1. The molecule has 0 atom stereocenters. The van der Waals surface area contributed by atoms with Gasteiger partial charge in [-0.3, -0.25) is 14.9 Å². The molecule has 2 fully saturated rings. The first-order valence-corrected chi connectivity index (χ1v) is 11.8. The van der Waals surface area contributed by atoms with E-state index in [0.717, 1.165) is 44.7 Å². The number of carbonyl (C=O) groups excluding carboxylic acids is 2. The molecule has 2 aliphatic heterocycles. The summed E-state index contributed by atoms with van der Waals surface area (Å²) in [4.78, 5) is 40.1. The summed E-state index contributed by atoms with van der Waals surface area (Å²) in [5.41, 5.74) is 2.02. The lowest BCUT2D eigenvalue weighted by Gasteiger charge is -2.31. The molecule has 2 aliphatic rings. The molecule has 10 nitrogen and oxygen atoms in total. The maximum Gasteiger partial charge on any atom is 0.338 e. The lowest BCUT2D eigenvalue weighted by Crippen LogP contribution is -2.36. The molecular formula is C25H30N4O6. The summed E-state index contributed by atoms with van der Waals surface area (Å²) in [6.07, 6.45) is 1.93. The molecule has 2 heterocycles. The number of nitro benzene ring substituents is 1. The standard InChI is InChI=1S/C25H30N4O6/c1-18-8-10-28(11-9-18)22-7-2-19(16-23(22)29(32)33)25(31)35-17-24(30)26-20-3-5-21(6-4-20)27-12-14-34-15-13-27/h2-7,16,18H,8-15,17H2,1H3,(H,26,30). The number of nitrogens with one attached hydrogen (secondary N) is 1. The lowest BCUT2D eigenvalue weighted by molar-refractivity contribution is -0.384. The van der Waals surface area contributed by atoms with Gasteiger partial charge in [0, 0.05) is 43.6 Å². The summed E-state index contributed by atoms with van der Waals surface area (Å²) < 4.78 is 10.5. The van der Waals surface area contributed by atoms with Crippen LogP contribution in [0.4, 0.5) is 22.7 Å². The van der Waals surface area contributed by atoms with E-state index in [0.29, 0.717) is 30.5 Å². The Morgan fingerprint density at radius 2 is 1.74 bits per heavy atom. The van der Waals surface area contributed by atoms with Crippen LogP contribution in [0.15, 0.2) is 42.5 Å². The Morgan fingerprint density at radius 3 is 2.40 bits per heavy atom. The van der Waals surface area contributed by atoms with Crippen molar-refractivity contribution >= 4 is 34.6 Å². The van der Waals surface area contributed by atoms with Gasteiger partial charge in [-0.1, -0.05) is 6.92 Å². The van der Waals surface area contributed by atoms with E-state index in [2.05, 4.69) is 17.1 Å². The van der Waals surface area contributed by atoms with Crippen molar-refractivity contribution in [2.75, 3.05) is 61.1 Å². The van der Waals surface area contributed by atoms with Gasteiger partial charge in [-0.15, -0.1) is 0 Å². The van der Waals surface area contributed by atoms with Crippen LogP contribution in [0.3, 0.4) is 0 Å². The zero-order valence-electron chi connectivity index (χ0n) is 19.8. The van der Waals surface area contributed by atoms with Crippen LogP contribution in [0.2, 0.25) is 0 Å². The third-order valence-corrected chi connectivity index (χ3v) is 6.39. The average molecular weight is 483 g/mol. The second kappa shape index (κ2) is 11.2. The van der Waals surface area contributed by atoms with Crippen molar-refractivity contribution in [1.82, 2.24) is 0 Å².